The van der Waals surface area contributed by atoms with E-state index in [0.717, 1.165) is 0 Å². The van der Waals surface area contributed by atoms with Crippen molar-refractivity contribution in [2.24, 2.45) is 0 Å². The number of amides is 1. The number of nitrogens with zero attached hydrogens (tertiary/aromatic N) is 2. The second-order valence-corrected chi connectivity index (χ2v) is 6.94. The highest BCUT2D eigenvalue weighted by Crippen LogP contribution is 2.28. The van der Waals surface area contributed by atoms with Crippen LogP contribution < -0.4 is 4.74 Å². The van der Waals surface area contributed by atoms with Crippen LogP contribution in [-0.4, -0.2) is 40.7 Å². The molecule has 0 saturated carbocycles. The van der Waals surface area contributed by atoms with Crippen LogP contribution in [0, 0.1) is 10.1 Å². The van der Waals surface area contributed by atoms with Crippen molar-refractivity contribution in [3.63, 3.8) is 0 Å². The standard InChI is InChI=1S/C14H17BrN2O5/c1-14(2,3)22-13(18)16-7-12(8-16)21-11-5-9(15)4-10(6-11)17(19)20/h4-6,12H,7-8H2,1-3H3. The molecule has 2 rings (SSSR count). The Labute approximate surface area is 136 Å². The lowest BCUT2D eigenvalue weighted by Crippen LogP contribution is -2.57. The van der Waals surface area contributed by atoms with Crippen LogP contribution in [0.15, 0.2) is 22.7 Å². The minimum atomic E-state index is -0.534. The molecule has 0 unspecified atom stereocenters. The average Bonchev–Trinajstić information content (AvgIpc) is 2.30. The molecule has 7 nitrogen and oxygen atoms in total. The van der Waals surface area contributed by atoms with Gasteiger partial charge < -0.3 is 14.4 Å². The molecule has 0 N–H and O–H groups in total. The molecule has 120 valence electrons. The van der Waals surface area contributed by atoms with Crippen LogP contribution in [0.25, 0.3) is 0 Å². The molecule has 1 saturated heterocycles. The quantitative estimate of drug-likeness (QED) is 0.600. The molecule has 0 aromatic heterocycles. The molecule has 1 heterocycles. The van der Waals surface area contributed by atoms with Crippen molar-refractivity contribution < 1.29 is 19.2 Å². The van der Waals surface area contributed by atoms with Crippen molar-refractivity contribution in [3.8, 4) is 5.75 Å². The van der Waals surface area contributed by atoms with Gasteiger partial charge in [-0.2, -0.15) is 0 Å². The minimum Gasteiger partial charge on any atom is -0.486 e. The maximum Gasteiger partial charge on any atom is 0.410 e. The monoisotopic (exact) mass is 372 g/mol. The molecule has 0 spiro atoms. The number of non-ortho nitro benzene ring substituents is 1. The largest absolute Gasteiger partial charge is 0.486 e. The van der Waals surface area contributed by atoms with Crippen LogP contribution in [0.3, 0.4) is 0 Å². The third-order valence-electron chi connectivity index (χ3n) is 2.87. The number of nitro benzene ring substituents is 1. The number of halogens is 1. The summed E-state index contributed by atoms with van der Waals surface area (Å²) in [7, 11) is 0. The first kappa shape index (κ1) is 16.5. The summed E-state index contributed by atoms with van der Waals surface area (Å²) in [6.45, 7) is 6.21. The van der Waals surface area contributed by atoms with Crippen LogP contribution in [0.2, 0.25) is 0 Å². The Hall–Kier alpha value is -1.83. The molecule has 22 heavy (non-hydrogen) atoms. The lowest BCUT2D eigenvalue weighted by molar-refractivity contribution is -0.385. The first-order valence-corrected chi connectivity index (χ1v) is 7.53. The zero-order valence-corrected chi connectivity index (χ0v) is 14.1. The highest BCUT2D eigenvalue weighted by molar-refractivity contribution is 9.10. The second-order valence-electron chi connectivity index (χ2n) is 6.03. The first-order valence-electron chi connectivity index (χ1n) is 6.73. The Balaban J connectivity index is 1.90. The fourth-order valence-electron chi connectivity index (χ4n) is 1.90. The zero-order chi connectivity index (χ0) is 16.5. The Kier molecular flexibility index (Phi) is 4.60. The van der Waals surface area contributed by atoms with Crippen molar-refractivity contribution in [2.45, 2.75) is 32.5 Å². The SMILES string of the molecule is CC(C)(C)OC(=O)N1CC(Oc2cc(Br)cc([N+](=O)[O-])c2)C1. The summed E-state index contributed by atoms with van der Waals surface area (Å²) < 4.78 is 11.5. The molecule has 1 aromatic rings. The smallest absolute Gasteiger partial charge is 0.410 e. The lowest BCUT2D eigenvalue weighted by atomic mass is 10.1. The third-order valence-corrected chi connectivity index (χ3v) is 3.33. The fourth-order valence-corrected chi connectivity index (χ4v) is 2.36. The van der Waals surface area contributed by atoms with E-state index >= 15 is 0 Å². The molecular formula is C14H17BrN2O5. The highest BCUT2D eigenvalue weighted by Gasteiger charge is 2.35. The first-order chi connectivity index (χ1) is 10.1. The summed E-state index contributed by atoms with van der Waals surface area (Å²) >= 11 is 3.21. The summed E-state index contributed by atoms with van der Waals surface area (Å²) in [6.07, 6.45) is -0.575. The fraction of sp³-hybridized carbons (Fsp3) is 0.500. The van der Waals surface area contributed by atoms with E-state index in [2.05, 4.69) is 15.9 Å². The Morgan fingerprint density at radius 2 is 2.00 bits per heavy atom. The van der Waals surface area contributed by atoms with E-state index in [1.807, 2.05) is 0 Å². The predicted octanol–water partition coefficient (Wildman–Crippen LogP) is 3.36. The molecule has 1 fully saturated rings. The maximum atomic E-state index is 11.8. The van der Waals surface area contributed by atoms with Crippen molar-refractivity contribution in [1.29, 1.82) is 0 Å². The Morgan fingerprint density at radius 1 is 1.36 bits per heavy atom. The van der Waals surface area contributed by atoms with Gasteiger partial charge in [-0.25, -0.2) is 4.79 Å². The van der Waals surface area contributed by atoms with Gasteiger partial charge in [0.05, 0.1) is 24.1 Å². The number of hydrogen-bond acceptors (Lipinski definition) is 5. The number of hydrogen-bond donors (Lipinski definition) is 0. The molecule has 1 amide bonds. The van der Waals surface area contributed by atoms with Gasteiger partial charge in [0, 0.05) is 10.5 Å². The molecule has 0 atom stereocenters. The summed E-state index contributed by atoms with van der Waals surface area (Å²) in [5.41, 5.74) is -0.582. The van der Waals surface area contributed by atoms with Crippen LogP contribution in [0.4, 0.5) is 10.5 Å². The van der Waals surface area contributed by atoms with Crippen LogP contribution in [-0.2, 0) is 4.74 Å². The second kappa shape index (κ2) is 6.12. The number of ether oxygens (including phenoxy) is 2. The van der Waals surface area contributed by atoms with Gasteiger partial charge in [0.25, 0.3) is 5.69 Å². The topological polar surface area (TPSA) is 81.9 Å². The van der Waals surface area contributed by atoms with Gasteiger partial charge in [-0.1, -0.05) is 15.9 Å². The van der Waals surface area contributed by atoms with Gasteiger partial charge in [0.15, 0.2) is 0 Å². The van der Waals surface area contributed by atoms with Crippen LogP contribution in [0.5, 0.6) is 5.75 Å². The Morgan fingerprint density at radius 3 is 2.55 bits per heavy atom. The molecule has 1 aliphatic heterocycles. The van der Waals surface area contributed by atoms with E-state index < -0.39 is 10.5 Å². The number of nitro groups is 1. The van der Waals surface area contributed by atoms with Crippen LogP contribution in [0.1, 0.15) is 20.8 Å². The van der Waals surface area contributed by atoms with Gasteiger partial charge in [0.1, 0.15) is 17.5 Å². The van der Waals surface area contributed by atoms with Crippen molar-refractivity contribution in [3.05, 3.63) is 32.8 Å². The molecule has 0 aliphatic carbocycles. The Bertz CT molecular complexity index is 593. The van der Waals surface area contributed by atoms with Crippen molar-refractivity contribution in [1.82, 2.24) is 4.90 Å². The van der Waals surface area contributed by atoms with Crippen molar-refractivity contribution in [2.75, 3.05) is 13.1 Å². The molecular weight excluding hydrogens is 356 g/mol. The van der Waals surface area contributed by atoms with E-state index in [0.29, 0.717) is 23.3 Å². The van der Waals surface area contributed by atoms with Gasteiger partial charge >= 0.3 is 6.09 Å². The minimum absolute atomic E-state index is 0.0484. The normalized spacial score (nSPS) is 15.2. The zero-order valence-electron chi connectivity index (χ0n) is 12.5. The maximum absolute atomic E-state index is 11.8. The summed E-state index contributed by atoms with van der Waals surface area (Å²) in [6, 6.07) is 4.42. The highest BCUT2D eigenvalue weighted by atomic mass is 79.9. The van der Waals surface area contributed by atoms with Gasteiger partial charge in [0.2, 0.25) is 0 Å². The number of carbonyl (C=O) groups is 1. The van der Waals surface area contributed by atoms with Gasteiger partial charge in [-0.05, 0) is 26.8 Å². The summed E-state index contributed by atoms with van der Waals surface area (Å²) in [4.78, 5) is 23.6. The van der Waals surface area contributed by atoms with Gasteiger partial charge in [-0.15, -0.1) is 0 Å². The third kappa shape index (κ3) is 4.33. The molecule has 0 bridgehead atoms. The average molecular weight is 373 g/mol. The molecule has 0 radical (unpaired) electrons. The van der Waals surface area contributed by atoms with E-state index in [1.165, 1.54) is 17.0 Å². The lowest BCUT2D eigenvalue weighted by Gasteiger charge is -2.39. The summed E-state index contributed by atoms with van der Waals surface area (Å²) in [5, 5.41) is 10.8. The van der Waals surface area contributed by atoms with E-state index in [-0.39, 0.29) is 17.9 Å². The number of benzene rings is 1. The number of carbonyl (C=O) groups excluding carboxylic acids is 1. The van der Waals surface area contributed by atoms with E-state index in [9.17, 15) is 14.9 Å². The van der Waals surface area contributed by atoms with Gasteiger partial charge in [-0.3, -0.25) is 10.1 Å². The molecule has 8 heteroatoms. The van der Waals surface area contributed by atoms with Crippen molar-refractivity contribution >= 4 is 27.7 Å². The number of likely N-dealkylation sites (tertiary alicyclic amines) is 1. The predicted molar refractivity (Wildman–Crippen MR) is 83.0 cm³/mol. The molecule has 1 aromatic carbocycles. The van der Waals surface area contributed by atoms with E-state index in [1.54, 1.807) is 26.8 Å². The van der Waals surface area contributed by atoms with E-state index in [4.69, 9.17) is 9.47 Å². The number of rotatable bonds is 3. The summed E-state index contributed by atoms with van der Waals surface area (Å²) in [5.74, 6) is 0.398. The van der Waals surface area contributed by atoms with Crippen LogP contribution >= 0.6 is 15.9 Å². The molecule has 1 aliphatic rings.